The highest BCUT2D eigenvalue weighted by Crippen LogP contribution is 2.14. The van der Waals surface area contributed by atoms with Gasteiger partial charge in [-0.3, -0.25) is 4.79 Å². The van der Waals surface area contributed by atoms with Crippen LogP contribution in [0, 0.1) is 0 Å². The fourth-order valence-corrected chi connectivity index (χ4v) is 1.09. The van der Waals surface area contributed by atoms with Gasteiger partial charge in [0.1, 0.15) is 5.82 Å². The van der Waals surface area contributed by atoms with Crippen LogP contribution in [0.2, 0.25) is 5.02 Å². The first kappa shape index (κ1) is 9.95. The van der Waals surface area contributed by atoms with Gasteiger partial charge in [0.05, 0.1) is 17.1 Å². The predicted octanol–water partition coefficient (Wildman–Crippen LogP) is 0.719. The van der Waals surface area contributed by atoms with Crippen LogP contribution in [0.1, 0.15) is 10.4 Å². The van der Waals surface area contributed by atoms with Gasteiger partial charge in [-0.05, 0) is 13.1 Å². The minimum absolute atomic E-state index is 0.116. The fraction of sp³-hybridized carbons (Fsp3) is 0.250. The Labute approximate surface area is 81.1 Å². The van der Waals surface area contributed by atoms with Crippen molar-refractivity contribution in [3.8, 4) is 0 Å². The number of ketones is 1. The van der Waals surface area contributed by atoms with Gasteiger partial charge in [0.2, 0.25) is 0 Å². The summed E-state index contributed by atoms with van der Waals surface area (Å²) in [6, 6.07) is 1.52. The Hall–Kier alpha value is -1.13. The number of Topliss-reactive ketones (excluding diaryl/α,β-unsaturated/α-hetero) is 1. The molecule has 4 nitrogen and oxygen atoms in total. The number of aromatic nitrogens is 1. The van der Waals surface area contributed by atoms with Gasteiger partial charge in [0.25, 0.3) is 0 Å². The number of carbonyl (C=O) groups excluding carboxylic acids is 1. The SMILES string of the molecule is CNCC(=O)c1cc(Cl)cnc1N. The molecular weight excluding hydrogens is 190 g/mol. The molecule has 0 saturated carbocycles. The Kier molecular flexibility index (Phi) is 3.22. The average Bonchev–Trinajstić information content (AvgIpc) is 2.09. The first-order valence-corrected chi connectivity index (χ1v) is 4.11. The Morgan fingerprint density at radius 1 is 1.77 bits per heavy atom. The molecule has 13 heavy (non-hydrogen) atoms. The maximum absolute atomic E-state index is 11.4. The molecule has 0 aliphatic rings. The van der Waals surface area contributed by atoms with Gasteiger partial charge in [0.15, 0.2) is 5.78 Å². The van der Waals surface area contributed by atoms with E-state index < -0.39 is 0 Å². The molecule has 0 atom stereocenters. The molecule has 0 aromatic carbocycles. The van der Waals surface area contributed by atoms with Crippen LogP contribution in [0.3, 0.4) is 0 Å². The zero-order chi connectivity index (χ0) is 9.84. The molecule has 0 aliphatic heterocycles. The highest BCUT2D eigenvalue weighted by molar-refractivity contribution is 6.31. The Balaban J connectivity index is 2.99. The van der Waals surface area contributed by atoms with E-state index in [0.717, 1.165) is 0 Å². The van der Waals surface area contributed by atoms with Gasteiger partial charge >= 0.3 is 0 Å². The lowest BCUT2D eigenvalue weighted by Crippen LogP contribution is -2.20. The lowest BCUT2D eigenvalue weighted by Gasteiger charge is -2.03. The number of rotatable bonds is 3. The van der Waals surface area contributed by atoms with E-state index in [-0.39, 0.29) is 18.1 Å². The third-order valence-electron chi connectivity index (χ3n) is 1.52. The van der Waals surface area contributed by atoms with Crippen molar-refractivity contribution in [3.63, 3.8) is 0 Å². The average molecular weight is 200 g/mol. The standard InChI is InChI=1S/C8H10ClN3O/c1-11-4-7(13)6-2-5(9)3-12-8(6)10/h2-3,11H,4H2,1H3,(H2,10,12). The van der Waals surface area contributed by atoms with Crippen LogP contribution in [-0.4, -0.2) is 24.4 Å². The number of pyridine rings is 1. The highest BCUT2D eigenvalue weighted by atomic mass is 35.5. The second-order valence-electron chi connectivity index (χ2n) is 2.54. The van der Waals surface area contributed by atoms with Crippen molar-refractivity contribution in [1.29, 1.82) is 0 Å². The number of anilines is 1. The number of nitrogen functional groups attached to an aromatic ring is 1. The van der Waals surface area contributed by atoms with Crippen LogP contribution in [0.15, 0.2) is 12.3 Å². The normalized spacial score (nSPS) is 10.0. The fourth-order valence-electron chi connectivity index (χ4n) is 0.929. The summed E-state index contributed by atoms with van der Waals surface area (Å²) in [5.74, 6) is 0.0969. The van der Waals surface area contributed by atoms with Gasteiger partial charge in [-0.1, -0.05) is 11.6 Å². The summed E-state index contributed by atoms with van der Waals surface area (Å²) in [6.45, 7) is 0.228. The topological polar surface area (TPSA) is 68.0 Å². The van der Waals surface area contributed by atoms with E-state index in [0.29, 0.717) is 10.6 Å². The molecule has 3 N–H and O–H groups in total. The maximum atomic E-state index is 11.4. The van der Waals surface area contributed by atoms with Crippen LogP contribution in [0.4, 0.5) is 5.82 Å². The third-order valence-corrected chi connectivity index (χ3v) is 1.73. The molecule has 1 rings (SSSR count). The predicted molar refractivity (Wildman–Crippen MR) is 51.9 cm³/mol. The van der Waals surface area contributed by atoms with Crippen LogP contribution < -0.4 is 11.1 Å². The first-order valence-electron chi connectivity index (χ1n) is 3.74. The smallest absolute Gasteiger partial charge is 0.180 e. The van der Waals surface area contributed by atoms with Gasteiger partial charge in [-0.15, -0.1) is 0 Å². The van der Waals surface area contributed by atoms with E-state index in [2.05, 4.69) is 10.3 Å². The van der Waals surface area contributed by atoms with E-state index in [1.54, 1.807) is 7.05 Å². The molecule has 0 bridgehead atoms. The maximum Gasteiger partial charge on any atom is 0.180 e. The second-order valence-corrected chi connectivity index (χ2v) is 2.98. The summed E-state index contributed by atoms with van der Waals surface area (Å²) < 4.78 is 0. The van der Waals surface area contributed by atoms with E-state index in [4.69, 9.17) is 17.3 Å². The third kappa shape index (κ3) is 2.40. The lowest BCUT2D eigenvalue weighted by molar-refractivity contribution is 0.0994. The highest BCUT2D eigenvalue weighted by Gasteiger charge is 2.09. The number of hydrogen-bond acceptors (Lipinski definition) is 4. The Morgan fingerprint density at radius 3 is 3.08 bits per heavy atom. The van der Waals surface area contributed by atoms with E-state index in [9.17, 15) is 4.79 Å². The second kappa shape index (κ2) is 4.20. The van der Waals surface area contributed by atoms with Gasteiger partial charge in [-0.25, -0.2) is 4.98 Å². The molecule has 0 saturated heterocycles. The molecule has 0 fully saturated rings. The number of nitrogens with one attached hydrogen (secondary N) is 1. The summed E-state index contributed by atoms with van der Waals surface area (Å²) >= 11 is 5.67. The van der Waals surface area contributed by atoms with Crippen molar-refractivity contribution in [2.45, 2.75) is 0 Å². The van der Waals surface area contributed by atoms with Crippen molar-refractivity contribution in [2.24, 2.45) is 0 Å². The number of nitrogens with two attached hydrogens (primary N) is 1. The van der Waals surface area contributed by atoms with Gasteiger partial charge in [-0.2, -0.15) is 0 Å². The number of hydrogen-bond donors (Lipinski definition) is 2. The molecule has 0 spiro atoms. The van der Waals surface area contributed by atoms with Crippen LogP contribution in [0.5, 0.6) is 0 Å². The van der Waals surface area contributed by atoms with Crippen molar-refractivity contribution in [2.75, 3.05) is 19.3 Å². The molecule has 0 radical (unpaired) electrons. The summed E-state index contributed by atoms with van der Waals surface area (Å²) in [5, 5.41) is 3.15. The molecule has 1 heterocycles. The molecule has 1 aromatic heterocycles. The van der Waals surface area contributed by atoms with Crippen LogP contribution in [0.25, 0.3) is 0 Å². The molecule has 1 aromatic rings. The largest absolute Gasteiger partial charge is 0.383 e. The molecule has 0 amide bonds. The summed E-state index contributed by atoms with van der Waals surface area (Å²) in [4.78, 5) is 15.2. The van der Waals surface area contributed by atoms with Gasteiger partial charge in [0, 0.05) is 6.20 Å². The minimum Gasteiger partial charge on any atom is -0.383 e. The number of likely N-dealkylation sites (N-methyl/N-ethyl adjacent to an activating group) is 1. The zero-order valence-electron chi connectivity index (χ0n) is 7.17. The van der Waals surface area contributed by atoms with Crippen molar-refractivity contribution in [3.05, 3.63) is 22.8 Å². The van der Waals surface area contributed by atoms with Crippen LogP contribution >= 0.6 is 11.6 Å². The van der Waals surface area contributed by atoms with E-state index in [1.165, 1.54) is 12.3 Å². The summed E-state index contributed by atoms with van der Waals surface area (Å²) in [6.07, 6.45) is 1.41. The summed E-state index contributed by atoms with van der Waals surface area (Å²) in [7, 11) is 1.69. The van der Waals surface area contributed by atoms with E-state index >= 15 is 0 Å². The summed E-state index contributed by atoms with van der Waals surface area (Å²) in [5.41, 5.74) is 5.87. The van der Waals surface area contributed by atoms with Gasteiger partial charge < -0.3 is 11.1 Å². The monoisotopic (exact) mass is 199 g/mol. The molecular formula is C8H10ClN3O. The quantitative estimate of drug-likeness (QED) is 0.704. The lowest BCUT2D eigenvalue weighted by atomic mass is 10.1. The molecule has 5 heteroatoms. The molecule has 70 valence electrons. The molecule has 0 unspecified atom stereocenters. The van der Waals surface area contributed by atoms with Crippen molar-refractivity contribution >= 4 is 23.2 Å². The Bertz CT molecular complexity index is 327. The molecule has 0 aliphatic carbocycles. The van der Waals surface area contributed by atoms with E-state index in [1.807, 2.05) is 0 Å². The number of nitrogens with zero attached hydrogens (tertiary/aromatic N) is 1. The first-order chi connectivity index (χ1) is 6.15. The van der Waals surface area contributed by atoms with Crippen LogP contribution in [-0.2, 0) is 0 Å². The Morgan fingerprint density at radius 2 is 2.46 bits per heavy atom. The number of carbonyl (C=O) groups is 1. The van der Waals surface area contributed by atoms with Crippen molar-refractivity contribution < 1.29 is 4.79 Å². The zero-order valence-corrected chi connectivity index (χ0v) is 7.93. The minimum atomic E-state index is -0.116. The van der Waals surface area contributed by atoms with Crippen molar-refractivity contribution in [1.82, 2.24) is 10.3 Å². The number of halogens is 1.